The van der Waals surface area contributed by atoms with Crippen molar-refractivity contribution in [1.29, 1.82) is 0 Å². The van der Waals surface area contributed by atoms with Gasteiger partial charge in [0.25, 0.3) is 0 Å². The summed E-state index contributed by atoms with van der Waals surface area (Å²) < 4.78 is 2.14. The van der Waals surface area contributed by atoms with Gasteiger partial charge in [-0.05, 0) is 42.3 Å². The van der Waals surface area contributed by atoms with Gasteiger partial charge in [-0.2, -0.15) is 0 Å². The van der Waals surface area contributed by atoms with Gasteiger partial charge in [0, 0.05) is 58.9 Å². The third kappa shape index (κ3) is 6.07. The Morgan fingerprint density at radius 1 is 1.17 bits per heavy atom. The lowest BCUT2D eigenvalue weighted by atomic mass is 10.1. The number of guanidine groups is 1. The van der Waals surface area contributed by atoms with Crippen LogP contribution in [0.15, 0.2) is 47.7 Å². The summed E-state index contributed by atoms with van der Waals surface area (Å²) in [5, 5.41) is 6.71. The minimum absolute atomic E-state index is 0. The number of aliphatic imine (C=N–C) groups is 1. The lowest BCUT2D eigenvalue weighted by molar-refractivity contribution is 0.665. The van der Waals surface area contributed by atoms with Gasteiger partial charge >= 0.3 is 0 Å². The van der Waals surface area contributed by atoms with Crippen LogP contribution >= 0.6 is 24.0 Å². The highest BCUT2D eigenvalue weighted by molar-refractivity contribution is 14.0. The highest BCUT2D eigenvalue weighted by Crippen LogP contribution is 2.17. The monoisotopic (exact) mass is 441 g/mol. The summed E-state index contributed by atoms with van der Waals surface area (Å²) in [4.78, 5) is 6.39. The second kappa shape index (κ2) is 10.2. The second-order valence-corrected chi connectivity index (χ2v) is 5.78. The third-order valence-corrected chi connectivity index (χ3v) is 3.84. The molecule has 1 aromatic heterocycles. The van der Waals surface area contributed by atoms with Gasteiger partial charge in [-0.1, -0.05) is 6.07 Å². The van der Waals surface area contributed by atoms with Crippen LogP contribution in [-0.4, -0.2) is 38.2 Å². The highest BCUT2D eigenvalue weighted by atomic mass is 127. The normalized spacial score (nSPS) is 10.9. The Kier molecular flexibility index (Phi) is 8.67. The zero-order valence-corrected chi connectivity index (χ0v) is 17.2. The molecule has 0 saturated carbocycles. The van der Waals surface area contributed by atoms with Crippen LogP contribution in [-0.2, 0) is 13.1 Å². The summed E-state index contributed by atoms with van der Waals surface area (Å²) in [7, 11) is 5.92. The fraction of sp³-hybridized carbons (Fsp3) is 0.389. The van der Waals surface area contributed by atoms with E-state index in [0.29, 0.717) is 0 Å². The van der Waals surface area contributed by atoms with Gasteiger partial charge in [-0.3, -0.25) is 4.99 Å². The van der Waals surface area contributed by atoms with Crippen molar-refractivity contribution in [2.24, 2.45) is 4.99 Å². The number of aryl methyl sites for hydroxylation is 1. The van der Waals surface area contributed by atoms with Crippen LogP contribution in [0.5, 0.6) is 0 Å². The van der Waals surface area contributed by atoms with Crippen molar-refractivity contribution in [2.75, 3.05) is 32.6 Å². The van der Waals surface area contributed by atoms with Crippen LogP contribution in [0.1, 0.15) is 11.1 Å². The topological polar surface area (TPSA) is 44.6 Å². The van der Waals surface area contributed by atoms with Crippen LogP contribution in [0.25, 0.3) is 0 Å². The maximum Gasteiger partial charge on any atom is 0.191 e. The Labute approximate surface area is 162 Å². The molecule has 0 aliphatic heterocycles. The molecule has 0 aliphatic rings. The SMILES string of the molecule is CN=C(NCCn1cccc1)NCc1ccc(N(C)C)cc1C.I. The first kappa shape index (κ1) is 20.3. The number of halogens is 1. The Balaban J connectivity index is 0.00000288. The summed E-state index contributed by atoms with van der Waals surface area (Å²) in [6, 6.07) is 10.6. The van der Waals surface area contributed by atoms with Gasteiger partial charge in [0.15, 0.2) is 5.96 Å². The van der Waals surface area contributed by atoms with E-state index in [0.717, 1.165) is 25.6 Å². The first-order valence-corrected chi connectivity index (χ1v) is 7.92. The van der Waals surface area contributed by atoms with Crippen molar-refractivity contribution in [3.8, 4) is 0 Å². The van der Waals surface area contributed by atoms with Crippen molar-refractivity contribution < 1.29 is 0 Å². The standard InChI is InChI=1S/C18H27N5.HI/c1-15-13-17(22(3)4)8-7-16(15)14-21-18(19-2)20-9-12-23-10-5-6-11-23;/h5-8,10-11,13H,9,12,14H2,1-4H3,(H2,19,20,21);1H. The zero-order valence-electron chi connectivity index (χ0n) is 14.9. The van der Waals surface area contributed by atoms with Crippen molar-refractivity contribution in [3.05, 3.63) is 53.9 Å². The molecule has 1 heterocycles. The zero-order chi connectivity index (χ0) is 16.7. The van der Waals surface area contributed by atoms with E-state index in [-0.39, 0.29) is 24.0 Å². The summed E-state index contributed by atoms with van der Waals surface area (Å²) in [6.07, 6.45) is 4.13. The van der Waals surface area contributed by atoms with Gasteiger partial charge in [0.1, 0.15) is 0 Å². The first-order valence-electron chi connectivity index (χ1n) is 7.92. The van der Waals surface area contributed by atoms with Crippen molar-refractivity contribution in [1.82, 2.24) is 15.2 Å². The van der Waals surface area contributed by atoms with Crippen molar-refractivity contribution in [2.45, 2.75) is 20.0 Å². The molecule has 0 bridgehead atoms. The summed E-state index contributed by atoms with van der Waals surface area (Å²) in [6.45, 7) is 4.67. The van der Waals surface area contributed by atoms with Crippen LogP contribution in [0.3, 0.4) is 0 Å². The fourth-order valence-electron chi connectivity index (χ4n) is 2.38. The number of hydrogen-bond acceptors (Lipinski definition) is 2. The molecular formula is C18H28IN5. The number of nitrogens with one attached hydrogen (secondary N) is 2. The largest absolute Gasteiger partial charge is 0.378 e. The molecule has 0 aliphatic carbocycles. The molecule has 0 fully saturated rings. The molecule has 5 nitrogen and oxygen atoms in total. The molecule has 0 amide bonds. The van der Waals surface area contributed by atoms with Crippen LogP contribution < -0.4 is 15.5 Å². The molecule has 0 saturated heterocycles. The molecule has 24 heavy (non-hydrogen) atoms. The van der Waals surface area contributed by atoms with E-state index in [9.17, 15) is 0 Å². The average molecular weight is 441 g/mol. The molecule has 1 aromatic carbocycles. The molecule has 2 rings (SSSR count). The van der Waals surface area contributed by atoms with Crippen LogP contribution in [0, 0.1) is 6.92 Å². The maximum absolute atomic E-state index is 4.27. The number of anilines is 1. The molecule has 0 unspecified atom stereocenters. The van der Waals surface area contributed by atoms with Crippen molar-refractivity contribution in [3.63, 3.8) is 0 Å². The summed E-state index contributed by atoms with van der Waals surface area (Å²) in [5.41, 5.74) is 3.79. The minimum atomic E-state index is 0. The predicted molar refractivity (Wildman–Crippen MR) is 114 cm³/mol. The number of aromatic nitrogens is 1. The quantitative estimate of drug-likeness (QED) is 0.412. The maximum atomic E-state index is 4.27. The van der Waals surface area contributed by atoms with Gasteiger partial charge in [-0.15, -0.1) is 24.0 Å². The van der Waals surface area contributed by atoms with Gasteiger partial charge < -0.3 is 20.1 Å². The Bertz CT molecular complexity index is 635. The number of nitrogens with zero attached hydrogens (tertiary/aromatic N) is 3. The predicted octanol–water partition coefficient (Wildman–Crippen LogP) is 2.85. The minimum Gasteiger partial charge on any atom is -0.378 e. The van der Waals surface area contributed by atoms with E-state index in [1.807, 2.05) is 12.1 Å². The smallest absolute Gasteiger partial charge is 0.191 e. The van der Waals surface area contributed by atoms with Crippen LogP contribution in [0.2, 0.25) is 0 Å². The Morgan fingerprint density at radius 3 is 2.46 bits per heavy atom. The van der Waals surface area contributed by atoms with Crippen LogP contribution in [0.4, 0.5) is 5.69 Å². The molecular weight excluding hydrogens is 413 g/mol. The lowest BCUT2D eigenvalue weighted by Gasteiger charge is -2.16. The molecule has 2 aromatic rings. The average Bonchev–Trinajstić information content (AvgIpc) is 3.04. The number of hydrogen-bond donors (Lipinski definition) is 2. The summed E-state index contributed by atoms with van der Waals surface area (Å²) in [5.74, 6) is 0.827. The van der Waals surface area contributed by atoms with E-state index >= 15 is 0 Å². The number of rotatable bonds is 6. The molecule has 0 atom stereocenters. The molecule has 0 radical (unpaired) electrons. The van der Waals surface area contributed by atoms with E-state index in [2.05, 4.69) is 76.7 Å². The summed E-state index contributed by atoms with van der Waals surface area (Å²) >= 11 is 0. The molecule has 6 heteroatoms. The Hall–Kier alpha value is -1.70. The Morgan fingerprint density at radius 2 is 1.88 bits per heavy atom. The molecule has 2 N–H and O–H groups in total. The van der Waals surface area contributed by atoms with E-state index < -0.39 is 0 Å². The lowest BCUT2D eigenvalue weighted by Crippen LogP contribution is -2.38. The first-order chi connectivity index (χ1) is 11.1. The van der Waals surface area contributed by atoms with Gasteiger partial charge in [-0.25, -0.2) is 0 Å². The van der Waals surface area contributed by atoms with Gasteiger partial charge in [0.2, 0.25) is 0 Å². The van der Waals surface area contributed by atoms with E-state index in [1.165, 1.54) is 16.8 Å². The second-order valence-electron chi connectivity index (χ2n) is 5.78. The highest BCUT2D eigenvalue weighted by Gasteiger charge is 2.03. The third-order valence-electron chi connectivity index (χ3n) is 3.84. The van der Waals surface area contributed by atoms with E-state index in [1.54, 1.807) is 7.05 Å². The van der Waals surface area contributed by atoms with Gasteiger partial charge in [0.05, 0.1) is 0 Å². The molecule has 132 valence electrons. The fourth-order valence-corrected chi connectivity index (χ4v) is 2.38. The molecule has 0 spiro atoms. The van der Waals surface area contributed by atoms with Crippen molar-refractivity contribution >= 4 is 35.6 Å². The number of benzene rings is 1. The van der Waals surface area contributed by atoms with E-state index in [4.69, 9.17) is 0 Å².